The second kappa shape index (κ2) is 6.45. The third kappa shape index (κ3) is 2.68. The molecule has 3 fully saturated rings. The number of hydrogen-bond donors (Lipinski definition) is 1. The smallest absolute Gasteiger partial charge is 0.220 e. The maximum atomic E-state index is 11.6. The lowest BCUT2D eigenvalue weighted by Crippen LogP contribution is -2.54. The molecule has 1 N–H and O–H groups in total. The van der Waals surface area contributed by atoms with E-state index < -0.39 is 0 Å². The number of methoxy groups -OCH3 is 2. The molecule has 2 aliphatic heterocycles. The molecule has 2 saturated heterocycles. The van der Waals surface area contributed by atoms with E-state index in [2.05, 4.69) is 29.4 Å². The van der Waals surface area contributed by atoms with Crippen molar-refractivity contribution >= 4 is 5.91 Å². The molecule has 3 unspecified atom stereocenters. The highest BCUT2D eigenvalue weighted by molar-refractivity contribution is 5.76. The summed E-state index contributed by atoms with van der Waals surface area (Å²) in [6.45, 7) is 1.97. The lowest BCUT2D eigenvalue weighted by molar-refractivity contribution is -0.125. The second-order valence-electron chi connectivity index (χ2n) is 8.45. The van der Waals surface area contributed by atoms with Crippen LogP contribution in [0.3, 0.4) is 0 Å². The van der Waals surface area contributed by atoms with Gasteiger partial charge in [0.25, 0.3) is 0 Å². The van der Waals surface area contributed by atoms with Crippen LogP contribution in [0.25, 0.3) is 0 Å². The SMILES string of the molecule is COc1ccc(C23CCN(C)C2CC2(CCC(=O)NC2)CC3)cc1OC. The summed E-state index contributed by atoms with van der Waals surface area (Å²) < 4.78 is 11.0. The summed E-state index contributed by atoms with van der Waals surface area (Å²) >= 11 is 0. The number of amides is 1. The molecule has 0 radical (unpaired) electrons. The number of nitrogens with zero attached hydrogens (tertiary/aromatic N) is 1. The minimum Gasteiger partial charge on any atom is -0.493 e. The number of benzene rings is 1. The highest BCUT2D eigenvalue weighted by Gasteiger charge is 2.55. The molecule has 1 aromatic rings. The molecule has 5 heteroatoms. The van der Waals surface area contributed by atoms with E-state index in [4.69, 9.17) is 9.47 Å². The van der Waals surface area contributed by atoms with Gasteiger partial charge in [-0.05, 0) is 68.8 Å². The zero-order chi connectivity index (χ0) is 18.4. The number of carbonyl (C=O) groups is 1. The molecule has 26 heavy (non-hydrogen) atoms. The zero-order valence-corrected chi connectivity index (χ0v) is 16.1. The maximum Gasteiger partial charge on any atom is 0.220 e. The first-order chi connectivity index (χ1) is 12.5. The number of piperidine rings is 1. The largest absolute Gasteiger partial charge is 0.493 e. The predicted octanol–water partition coefficient (Wildman–Crippen LogP) is 2.73. The molecule has 1 saturated carbocycles. The van der Waals surface area contributed by atoms with E-state index in [1.807, 2.05) is 6.07 Å². The van der Waals surface area contributed by atoms with Gasteiger partial charge in [-0.3, -0.25) is 4.79 Å². The number of nitrogens with one attached hydrogen (secondary N) is 1. The molecule has 3 atom stereocenters. The summed E-state index contributed by atoms with van der Waals surface area (Å²) in [7, 11) is 5.65. The van der Waals surface area contributed by atoms with E-state index in [-0.39, 0.29) is 16.7 Å². The molecular formula is C21H30N2O3. The minimum atomic E-state index is 0.182. The van der Waals surface area contributed by atoms with Gasteiger partial charge in [-0.1, -0.05) is 6.07 Å². The van der Waals surface area contributed by atoms with Gasteiger partial charge in [0.05, 0.1) is 14.2 Å². The van der Waals surface area contributed by atoms with Gasteiger partial charge in [0, 0.05) is 24.4 Å². The highest BCUT2D eigenvalue weighted by Crippen LogP contribution is 2.56. The van der Waals surface area contributed by atoms with Gasteiger partial charge in [0.2, 0.25) is 5.91 Å². The van der Waals surface area contributed by atoms with Gasteiger partial charge in [-0.25, -0.2) is 0 Å². The number of fused-ring (bicyclic) bond motifs is 1. The molecule has 2 heterocycles. The van der Waals surface area contributed by atoms with Crippen molar-refractivity contribution in [2.24, 2.45) is 5.41 Å². The molecular weight excluding hydrogens is 328 g/mol. The zero-order valence-electron chi connectivity index (χ0n) is 16.1. The average Bonchev–Trinajstić information content (AvgIpc) is 3.01. The van der Waals surface area contributed by atoms with Crippen molar-refractivity contribution in [2.75, 3.05) is 34.4 Å². The highest BCUT2D eigenvalue weighted by atomic mass is 16.5. The summed E-state index contributed by atoms with van der Waals surface area (Å²) in [6.07, 6.45) is 6.43. The summed E-state index contributed by atoms with van der Waals surface area (Å²) in [6, 6.07) is 6.98. The van der Waals surface area contributed by atoms with Crippen LogP contribution < -0.4 is 14.8 Å². The van der Waals surface area contributed by atoms with Crippen LogP contribution in [0.2, 0.25) is 0 Å². The van der Waals surface area contributed by atoms with Gasteiger partial charge in [0.15, 0.2) is 11.5 Å². The third-order valence-electron chi connectivity index (χ3n) is 7.31. The Morgan fingerprint density at radius 3 is 2.62 bits per heavy atom. The average molecular weight is 358 g/mol. The standard InChI is InChI=1S/C21H30N2O3/c1-23-11-10-21(15-4-5-16(25-2)17(12-15)26-3)9-8-20(13-18(21)23)7-6-19(24)22-14-20/h4-5,12,18H,6-11,13-14H2,1-3H3,(H,22,24). The number of likely N-dealkylation sites (tertiary alicyclic amines) is 1. The lowest BCUT2D eigenvalue weighted by Gasteiger charge is -2.51. The van der Waals surface area contributed by atoms with E-state index >= 15 is 0 Å². The van der Waals surface area contributed by atoms with Crippen LogP contribution in [-0.2, 0) is 10.2 Å². The summed E-state index contributed by atoms with van der Waals surface area (Å²) in [4.78, 5) is 14.2. The first-order valence-corrected chi connectivity index (χ1v) is 9.71. The molecule has 3 aliphatic rings. The lowest BCUT2D eigenvalue weighted by atomic mass is 9.57. The molecule has 1 spiro atoms. The quantitative estimate of drug-likeness (QED) is 0.903. The number of ether oxygens (including phenoxy) is 2. The van der Waals surface area contributed by atoms with Crippen molar-refractivity contribution < 1.29 is 14.3 Å². The van der Waals surface area contributed by atoms with Crippen LogP contribution in [0.4, 0.5) is 0 Å². The van der Waals surface area contributed by atoms with E-state index in [0.717, 1.165) is 37.4 Å². The van der Waals surface area contributed by atoms with Gasteiger partial charge < -0.3 is 19.7 Å². The Balaban J connectivity index is 1.66. The number of hydrogen-bond acceptors (Lipinski definition) is 4. The van der Waals surface area contributed by atoms with Gasteiger partial charge >= 0.3 is 0 Å². The Morgan fingerprint density at radius 2 is 1.92 bits per heavy atom. The normalized spacial score (nSPS) is 34.4. The second-order valence-corrected chi connectivity index (χ2v) is 8.45. The van der Waals surface area contributed by atoms with Crippen molar-refractivity contribution in [2.45, 2.75) is 50.0 Å². The van der Waals surface area contributed by atoms with Crippen molar-refractivity contribution in [1.29, 1.82) is 0 Å². The fraction of sp³-hybridized carbons (Fsp3) is 0.667. The Morgan fingerprint density at radius 1 is 1.12 bits per heavy atom. The molecule has 5 nitrogen and oxygen atoms in total. The third-order valence-corrected chi connectivity index (χ3v) is 7.31. The number of rotatable bonds is 3. The van der Waals surface area contributed by atoms with E-state index in [1.54, 1.807) is 14.2 Å². The van der Waals surface area contributed by atoms with E-state index in [1.165, 1.54) is 24.8 Å². The Labute approximate surface area is 156 Å². The van der Waals surface area contributed by atoms with Crippen LogP contribution in [0.1, 0.15) is 44.1 Å². The van der Waals surface area contributed by atoms with Crippen molar-refractivity contribution in [3.8, 4) is 11.5 Å². The summed E-state index contributed by atoms with van der Waals surface area (Å²) in [5, 5.41) is 3.13. The van der Waals surface area contributed by atoms with Crippen LogP contribution in [0.5, 0.6) is 11.5 Å². The molecule has 0 bridgehead atoms. The predicted molar refractivity (Wildman–Crippen MR) is 101 cm³/mol. The van der Waals surface area contributed by atoms with Gasteiger partial charge in [0.1, 0.15) is 0 Å². The van der Waals surface area contributed by atoms with E-state index in [0.29, 0.717) is 12.5 Å². The first-order valence-electron chi connectivity index (χ1n) is 9.71. The van der Waals surface area contributed by atoms with Gasteiger partial charge in [-0.2, -0.15) is 0 Å². The van der Waals surface area contributed by atoms with Crippen molar-refractivity contribution in [3.05, 3.63) is 23.8 Å². The molecule has 1 aromatic carbocycles. The minimum absolute atomic E-state index is 0.182. The summed E-state index contributed by atoms with van der Waals surface area (Å²) in [5.74, 6) is 1.82. The van der Waals surface area contributed by atoms with Crippen LogP contribution in [0.15, 0.2) is 18.2 Å². The Hall–Kier alpha value is -1.75. The fourth-order valence-corrected chi connectivity index (χ4v) is 5.62. The Kier molecular flexibility index (Phi) is 4.38. The van der Waals surface area contributed by atoms with Gasteiger partial charge in [-0.15, -0.1) is 0 Å². The van der Waals surface area contributed by atoms with Crippen LogP contribution in [0, 0.1) is 5.41 Å². The monoisotopic (exact) mass is 358 g/mol. The first kappa shape index (κ1) is 17.7. The molecule has 4 rings (SSSR count). The fourth-order valence-electron chi connectivity index (χ4n) is 5.62. The topological polar surface area (TPSA) is 50.8 Å². The maximum absolute atomic E-state index is 11.6. The molecule has 1 amide bonds. The van der Waals surface area contributed by atoms with Crippen molar-refractivity contribution in [1.82, 2.24) is 10.2 Å². The molecule has 1 aliphatic carbocycles. The number of likely N-dealkylation sites (N-methyl/N-ethyl adjacent to an activating group) is 1. The van der Waals surface area contributed by atoms with Crippen molar-refractivity contribution in [3.63, 3.8) is 0 Å². The number of carbonyl (C=O) groups excluding carboxylic acids is 1. The molecule has 142 valence electrons. The molecule has 0 aromatic heterocycles. The van der Waals surface area contributed by atoms with Crippen LogP contribution >= 0.6 is 0 Å². The van der Waals surface area contributed by atoms with E-state index in [9.17, 15) is 4.79 Å². The summed E-state index contributed by atoms with van der Waals surface area (Å²) in [5.41, 5.74) is 1.83. The van der Waals surface area contributed by atoms with Crippen LogP contribution in [-0.4, -0.2) is 51.2 Å². The Bertz CT molecular complexity index is 694.